The van der Waals surface area contributed by atoms with Crippen LogP contribution in [-0.2, 0) is 26.1 Å². The molecule has 2 N–H and O–H groups in total. The highest BCUT2D eigenvalue weighted by Crippen LogP contribution is 2.36. The van der Waals surface area contributed by atoms with Crippen LogP contribution in [0, 0.1) is 29.1 Å². The van der Waals surface area contributed by atoms with Crippen molar-refractivity contribution in [2.75, 3.05) is 56.2 Å². The number of fused-ring (bicyclic) bond motifs is 2. The summed E-state index contributed by atoms with van der Waals surface area (Å²) < 4.78 is 60.4. The highest BCUT2D eigenvalue weighted by Gasteiger charge is 2.34. The summed E-state index contributed by atoms with van der Waals surface area (Å²) in [4.78, 5) is 46.6. The number of halogens is 3. The molecule has 1 aromatic carbocycles. The van der Waals surface area contributed by atoms with Crippen LogP contribution in [0.5, 0.6) is 0 Å². The number of alkyl halides is 3. The number of nitrogens with zero attached hydrogens (tertiary/aromatic N) is 10. The summed E-state index contributed by atoms with van der Waals surface area (Å²) in [6.45, 7) is 3.13. The lowest BCUT2D eigenvalue weighted by atomic mass is 9.85. The second-order valence-corrected chi connectivity index (χ2v) is 17.2. The van der Waals surface area contributed by atoms with Crippen molar-refractivity contribution in [2.45, 2.75) is 88.1 Å². The Kier molecular flexibility index (Phi) is 12.8. The number of carbonyl (C=O) groups is 3. The van der Waals surface area contributed by atoms with Crippen molar-refractivity contribution >= 4 is 45.8 Å². The molecule has 4 fully saturated rings. The summed E-state index contributed by atoms with van der Waals surface area (Å²) in [5.41, 5.74) is 1.87. The smallest absolute Gasteiger partial charge is 0.284 e. The fraction of sp³-hybridized carbons (Fsp3) is 0.511. The normalized spacial score (nSPS) is 24.2. The van der Waals surface area contributed by atoms with Gasteiger partial charge in [0.2, 0.25) is 11.8 Å². The Bertz CT molecular complexity index is 2690. The van der Waals surface area contributed by atoms with E-state index in [-0.39, 0.29) is 66.9 Å². The number of para-hydroxylation sites is 1. The number of anilines is 2. The van der Waals surface area contributed by atoms with Crippen molar-refractivity contribution < 1.29 is 37.0 Å². The summed E-state index contributed by atoms with van der Waals surface area (Å²) in [6, 6.07) is 9.35. The quantitative estimate of drug-likeness (QED) is 0.136. The molecule has 5 aromatic rings. The Balaban J connectivity index is 0.756. The van der Waals surface area contributed by atoms with Gasteiger partial charge in [0, 0.05) is 64.0 Å². The Morgan fingerprint density at radius 2 is 1.94 bits per heavy atom. The van der Waals surface area contributed by atoms with Gasteiger partial charge in [0.1, 0.15) is 24.2 Å². The van der Waals surface area contributed by atoms with E-state index in [1.807, 2.05) is 23.1 Å². The minimum atomic E-state index is -2.92. The summed E-state index contributed by atoms with van der Waals surface area (Å²) in [5, 5.41) is 28.0. The van der Waals surface area contributed by atoms with E-state index in [1.54, 1.807) is 24.0 Å². The number of ether oxygens (including phenoxy) is 2. The van der Waals surface area contributed by atoms with Crippen LogP contribution in [0.25, 0.3) is 16.6 Å². The van der Waals surface area contributed by atoms with Gasteiger partial charge in [-0.25, -0.2) is 22.7 Å². The van der Waals surface area contributed by atoms with E-state index >= 15 is 4.39 Å². The average molecular weight is 895 g/mol. The van der Waals surface area contributed by atoms with Crippen LogP contribution in [0.4, 0.5) is 24.7 Å². The first-order chi connectivity index (χ1) is 31.5. The number of benzene rings is 1. The van der Waals surface area contributed by atoms with Crippen LogP contribution < -0.4 is 15.5 Å². The van der Waals surface area contributed by atoms with Crippen molar-refractivity contribution in [1.29, 1.82) is 5.26 Å². The maximum Gasteiger partial charge on any atom is 0.284 e. The molecule has 4 aliphatic rings. The molecule has 1 saturated carbocycles. The largest absolute Gasteiger partial charge is 0.373 e. The van der Waals surface area contributed by atoms with Crippen molar-refractivity contribution in [3.63, 3.8) is 0 Å². The Morgan fingerprint density at radius 1 is 1.09 bits per heavy atom. The van der Waals surface area contributed by atoms with Crippen molar-refractivity contribution in [2.24, 2.45) is 13.0 Å². The molecule has 3 amide bonds. The molecule has 1 aliphatic carbocycles. The second kappa shape index (κ2) is 19.0. The summed E-state index contributed by atoms with van der Waals surface area (Å²) in [7, 11) is 1.79. The molecule has 0 spiro atoms. The van der Waals surface area contributed by atoms with Crippen LogP contribution in [0.2, 0.25) is 0 Å². The van der Waals surface area contributed by atoms with Crippen LogP contribution in [-0.4, -0.2) is 121 Å². The van der Waals surface area contributed by atoms with Gasteiger partial charge in [0.15, 0.2) is 11.3 Å². The number of hydrogen-bond donors (Lipinski definition) is 2. The molecule has 1 unspecified atom stereocenters. The Morgan fingerprint density at radius 3 is 2.72 bits per heavy atom. The monoisotopic (exact) mass is 894 g/mol. The van der Waals surface area contributed by atoms with E-state index in [0.29, 0.717) is 74.9 Å². The molecule has 4 aromatic heterocycles. The number of nitrogens with one attached hydrogen (secondary N) is 2. The first kappa shape index (κ1) is 43.9. The SMILES string of the molecule is Cn1nc(C2CCC(=O)NC2=O)c2cccc(C#CCO[C@@H]3CCN(CC4CCC(n5cc(NC(=O)c6cnn7ccc(N8CCO[C@@H](CC#N)C8)nc67)c(C(F)F)n5)CC4)C[C@@H]3F)c21. The molecule has 0 radical (unpaired) electrons. The van der Waals surface area contributed by atoms with E-state index in [0.717, 1.165) is 30.3 Å². The molecular formula is C45H49F3N12O5. The number of likely N-dealkylation sites (tertiary alicyclic amines) is 1. The Hall–Kier alpha value is -6.35. The molecule has 4 atom stereocenters. The number of amides is 3. The predicted octanol–water partition coefficient (Wildman–Crippen LogP) is 4.85. The zero-order valence-corrected chi connectivity index (χ0v) is 35.8. The van der Waals surface area contributed by atoms with E-state index in [2.05, 4.69) is 53.7 Å². The lowest BCUT2D eigenvalue weighted by molar-refractivity contribution is -0.134. The average Bonchev–Trinajstić information content (AvgIpc) is 4.02. The van der Waals surface area contributed by atoms with E-state index < -0.39 is 36.2 Å². The van der Waals surface area contributed by atoms with Gasteiger partial charge in [-0.2, -0.15) is 20.6 Å². The third kappa shape index (κ3) is 9.42. The highest BCUT2D eigenvalue weighted by atomic mass is 19.3. The maximum atomic E-state index is 15.5. The first-order valence-corrected chi connectivity index (χ1v) is 22.1. The number of piperidine rings is 2. The van der Waals surface area contributed by atoms with Gasteiger partial charge in [-0.1, -0.05) is 24.0 Å². The van der Waals surface area contributed by atoms with Crippen LogP contribution >= 0.6 is 0 Å². The summed E-state index contributed by atoms with van der Waals surface area (Å²) in [5.74, 6) is 5.26. The highest BCUT2D eigenvalue weighted by molar-refractivity contribution is 6.08. The zero-order chi connectivity index (χ0) is 45.2. The van der Waals surface area contributed by atoms with Crippen LogP contribution in [0.15, 0.2) is 42.9 Å². The minimum Gasteiger partial charge on any atom is -0.373 e. The topological polar surface area (TPSA) is 190 Å². The number of carbonyl (C=O) groups excluding carboxylic acids is 3. The number of morpholine rings is 1. The van der Waals surface area contributed by atoms with E-state index in [9.17, 15) is 23.2 Å². The molecule has 3 saturated heterocycles. The fourth-order valence-electron chi connectivity index (χ4n) is 9.60. The predicted molar refractivity (Wildman–Crippen MR) is 230 cm³/mol. The van der Waals surface area contributed by atoms with Crippen molar-refractivity contribution in [3.05, 3.63) is 65.4 Å². The fourth-order valence-corrected chi connectivity index (χ4v) is 9.60. The van der Waals surface area contributed by atoms with Crippen LogP contribution in [0.1, 0.15) is 97.1 Å². The number of aryl methyl sites for hydroxylation is 1. The summed E-state index contributed by atoms with van der Waals surface area (Å²) >= 11 is 0. The van der Waals surface area contributed by atoms with Gasteiger partial charge in [0.05, 0.1) is 71.9 Å². The number of hydrogen-bond acceptors (Lipinski definition) is 12. The molecule has 17 nitrogen and oxygen atoms in total. The molecular weight excluding hydrogens is 846 g/mol. The molecule has 340 valence electrons. The lowest BCUT2D eigenvalue weighted by Crippen LogP contribution is -2.47. The third-order valence-electron chi connectivity index (χ3n) is 12.9. The third-order valence-corrected chi connectivity index (χ3v) is 12.9. The Labute approximate surface area is 372 Å². The number of imide groups is 1. The standard InChI is InChI=1S/C45H49F3N12O5/c1-56-41-28(4-2-6-31(41)39(54-56)32-11-12-38(61)53-44(32)62)5-3-20-65-36-14-17-57(25-34(36)46)23-27-7-9-29(10-8-27)60-26-35(40(55-60)42(47)48)51-45(63)33-22-50-59-18-15-37(52-43(33)59)58-19-21-64-30(24-58)13-16-49/h2,4,6,15,18,22,26-27,29-30,32,34,36,42H,7-14,17,19-21,23-25H2,1H3,(H,51,63)(H,53,61,62)/t27?,29?,30-,32?,34-,36+/m0/s1. The van der Waals surface area contributed by atoms with Gasteiger partial charge >= 0.3 is 0 Å². The number of aromatic nitrogens is 7. The molecule has 7 heterocycles. The van der Waals surface area contributed by atoms with Crippen molar-refractivity contribution in [3.8, 4) is 17.9 Å². The van der Waals surface area contributed by atoms with E-state index in [4.69, 9.17) is 14.7 Å². The van der Waals surface area contributed by atoms with Crippen molar-refractivity contribution in [1.82, 2.24) is 44.4 Å². The molecule has 20 heteroatoms. The van der Waals surface area contributed by atoms with Gasteiger partial charge < -0.3 is 19.7 Å². The van der Waals surface area contributed by atoms with Gasteiger partial charge in [-0.05, 0) is 56.6 Å². The van der Waals surface area contributed by atoms with Gasteiger partial charge in [-0.3, -0.25) is 34.0 Å². The second-order valence-electron chi connectivity index (χ2n) is 17.2. The van der Waals surface area contributed by atoms with Gasteiger partial charge in [-0.15, -0.1) is 0 Å². The minimum absolute atomic E-state index is 0.0511. The maximum absolute atomic E-state index is 15.5. The molecule has 65 heavy (non-hydrogen) atoms. The van der Waals surface area contributed by atoms with Crippen LogP contribution in [0.3, 0.4) is 0 Å². The van der Waals surface area contributed by atoms with Gasteiger partial charge in [0.25, 0.3) is 12.3 Å². The number of rotatable bonds is 11. The molecule has 3 aliphatic heterocycles. The number of nitriles is 1. The molecule has 9 rings (SSSR count). The zero-order valence-electron chi connectivity index (χ0n) is 35.8. The molecule has 0 bridgehead atoms. The van der Waals surface area contributed by atoms with E-state index in [1.165, 1.54) is 21.6 Å². The summed E-state index contributed by atoms with van der Waals surface area (Å²) in [6.07, 6.45) is 3.97. The lowest BCUT2D eigenvalue weighted by Gasteiger charge is -2.38. The first-order valence-electron chi connectivity index (χ1n) is 22.1.